The van der Waals surface area contributed by atoms with Crippen molar-refractivity contribution in [1.82, 2.24) is 9.97 Å². The number of amidine groups is 2. The lowest BCUT2D eigenvalue weighted by atomic mass is 9.78. The molecule has 0 bridgehead atoms. The average Bonchev–Trinajstić information content (AvgIpc) is 2.85. The zero-order valence-corrected chi connectivity index (χ0v) is 13.3. The van der Waals surface area contributed by atoms with Crippen LogP contribution in [0.15, 0.2) is 11.2 Å². The number of imidazole rings is 1. The Bertz CT molecular complexity index is 532. The molecule has 7 heteroatoms. The number of hydrogen-bond acceptors (Lipinski definition) is 4. The van der Waals surface area contributed by atoms with E-state index in [1.807, 2.05) is 6.92 Å². The second-order valence-corrected chi connectivity index (χ2v) is 6.08. The third kappa shape index (κ3) is 4.56. The van der Waals surface area contributed by atoms with Crippen molar-refractivity contribution in [2.75, 3.05) is 0 Å². The molecule has 1 aliphatic rings. The highest BCUT2D eigenvalue weighted by Crippen LogP contribution is 2.28. The Morgan fingerprint density at radius 3 is 2.95 bits per heavy atom. The van der Waals surface area contributed by atoms with Crippen LogP contribution >= 0.6 is 0 Å². The lowest BCUT2D eigenvalue weighted by Crippen LogP contribution is -2.37. The SMILES string of the molecule is CCC[C@H](C)OC(=N)/N=C(/N)c1ncc(C[C@H]2C[C@@H](N)C2)[nH]1. The molecular formula is C15H26N6O. The maximum atomic E-state index is 7.71. The number of nitrogens with zero attached hydrogens (tertiary/aromatic N) is 2. The first-order chi connectivity index (χ1) is 10.5. The number of aromatic nitrogens is 2. The van der Waals surface area contributed by atoms with Crippen LogP contribution in [0.5, 0.6) is 0 Å². The summed E-state index contributed by atoms with van der Waals surface area (Å²) in [4.78, 5) is 11.3. The van der Waals surface area contributed by atoms with E-state index in [0.29, 0.717) is 17.8 Å². The van der Waals surface area contributed by atoms with Gasteiger partial charge in [-0.25, -0.2) is 10.4 Å². The Labute approximate surface area is 131 Å². The molecule has 0 radical (unpaired) electrons. The first-order valence-electron chi connectivity index (χ1n) is 7.87. The number of nitrogens with one attached hydrogen (secondary N) is 2. The van der Waals surface area contributed by atoms with Gasteiger partial charge in [0.25, 0.3) is 0 Å². The van der Waals surface area contributed by atoms with Crippen molar-refractivity contribution in [3.8, 4) is 0 Å². The fraction of sp³-hybridized carbons (Fsp3) is 0.667. The predicted molar refractivity (Wildman–Crippen MR) is 86.9 cm³/mol. The molecule has 1 aliphatic carbocycles. The first-order valence-corrected chi connectivity index (χ1v) is 7.87. The molecule has 7 nitrogen and oxygen atoms in total. The van der Waals surface area contributed by atoms with Gasteiger partial charge in [-0.15, -0.1) is 0 Å². The van der Waals surface area contributed by atoms with Crippen molar-refractivity contribution in [2.24, 2.45) is 22.4 Å². The summed E-state index contributed by atoms with van der Waals surface area (Å²) in [7, 11) is 0. The third-order valence-corrected chi connectivity index (χ3v) is 3.88. The Morgan fingerprint density at radius 2 is 2.32 bits per heavy atom. The first kappa shape index (κ1) is 16.5. The van der Waals surface area contributed by atoms with E-state index in [2.05, 4.69) is 21.9 Å². The number of rotatable bonds is 6. The lowest BCUT2D eigenvalue weighted by molar-refractivity contribution is 0.191. The molecule has 0 saturated heterocycles. The van der Waals surface area contributed by atoms with Gasteiger partial charge in [-0.3, -0.25) is 0 Å². The second-order valence-electron chi connectivity index (χ2n) is 6.08. The van der Waals surface area contributed by atoms with Crippen LogP contribution in [0.1, 0.15) is 51.0 Å². The van der Waals surface area contributed by atoms with Crippen molar-refractivity contribution in [3.63, 3.8) is 0 Å². The van der Waals surface area contributed by atoms with Gasteiger partial charge in [-0.2, -0.15) is 4.99 Å². The van der Waals surface area contributed by atoms with Gasteiger partial charge in [0.1, 0.15) is 0 Å². The molecule has 1 saturated carbocycles. The van der Waals surface area contributed by atoms with E-state index in [1.54, 1.807) is 6.20 Å². The number of nitrogens with two attached hydrogens (primary N) is 2. The number of hydrogen-bond donors (Lipinski definition) is 4. The summed E-state index contributed by atoms with van der Waals surface area (Å²) >= 11 is 0. The number of H-pyrrole nitrogens is 1. The van der Waals surface area contributed by atoms with Gasteiger partial charge < -0.3 is 21.2 Å². The monoisotopic (exact) mass is 306 g/mol. The quantitative estimate of drug-likeness (QED) is 0.469. The maximum Gasteiger partial charge on any atom is 0.311 e. The van der Waals surface area contributed by atoms with E-state index in [0.717, 1.165) is 37.8 Å². The predicted octanol–water partition coefficient (Wildman–Crippen LogP) is 1.53. The lowest BCUT2D eigenvalue weighted by Gasteiger charge is -2.31. The van der Waals surface area contributed by atoms with Gasteiger partial charge in [-0.05, 0) is 38.5 Å². The Balaban J connectivity index is 1.88. The van der Waals surface area contributed by atoms with Gasteiger partial charge in [-0.1, -0.05) is 13.3 Å². The smallest absolute Gasteiger partial charge is 0.311 e. The fourth-order valence-electron chi connectivity index (χ4n) is 2.70. The van der Waals surface area contributed by atoms with E-state index in [-0.39, 0.29) is 18.0 Å². The van der Waals surface area contributed by atoms with Crippen LogP contribution in [-0.2, 0) is 11.2 Å². The van der Waals surface area contributed by atoms with Gasteiger partial charge >= 0.3 is 6.02 Å². The number of aliphatic imine (C=N–C) groups is 1. The summed E-state index contributed by atoms with van der Waals surface area (Å²) in [5, 5.41) is 7.71. The summed E-state index contributed by atoms with van der Waals surface area (Å²) in [6, 6.07) is 0.170. The molecule has 0 unspecified atom stereocenters. The van der Waals surface area contributed by atoms with E-state index in [1.165, 1.54) is 0 Å². The normalized spacial score (nSPS) is 23.0. The highest BCUT2D eigenvalue weighted by molar-refractivity contribution is 6.00. The van der Waals surface area contributed by atoms with Gasteiger partial charge in [0, 0.05) is 17.9 Å². The van der Waals surface area contributed by atoms with Crippen LogP contribution in [0.4, 0.5) is 0 Å². The summed E-state index contributed by atoms with van der Waals surface area (Å²) in [6.45, 7) is 3.98. The molecule has 22 heavy (non-hydrogen) atoms. The van der Waals surface area contributed by atoms with E-state index < -0.39 is 0 Å². The van der Waals surface area contributed by atoms with E-state index in [9.17, 15) is 0 Å². The molecule has 0 amide bonds. The number of ether oxygens (including phenoxy) is 1. The molecule has 2 rings (SSSR count). The van der Waals surface area contributed by atoms with Crippen LogP contribution in [0, 0.1) is 11.3 Å². The molecule has 6 N–H and O–H groups in total. The third-order valence-electron chi connectivity index (χ3n) is 3.88. The summed E-state index contributed by atoms with van der Waals surface area (Å²) in [6.07, 6.45) is 6.66. The molecule has 122 valence electrons. The van der Waals surface area contributed by atoms with Gasteiger partial charge in [0.15, 0.2) is 11.7 Å². The number of aromatic amines is 1. The maximum absolute atomic E-state index is 7.71. The molecule has 1 aromatic heterocycles. The Morgan fingerprint density at radius 1 is 1.59 bits per heavy atom. The van der Waals surface area contributed by atoms with Crippen molar-refractivity contribution in [3.05, 3.63) is 17.7 Å². The van der Waals surface area contributed by atoms with Crippen LogP contribution in [0.3, 0.4) is 0 Å². The average molecular weight is 306 g/mol. The van der Waals surface area contributed by atoms with E-state index >= 15 is 0 Å². The fourth-order valence-corrected chi connectivity index (χ4v) is 2.70. The van der Waals surface area contributed by atoms with Crippen molar-refractivity contribution >= 4 is 11.9 Å². The topological polar surface area (TPSA) is 126 Å². The summed E-state index contributed by atoms with van der Waals surface area (Å²) < 4.78 is 5.35. The van der Waals surface area contributed by atoms with Gasteiger partial charge in [0.05, 0.1) is 6.10 Å². The molecule has 0 aliphatic heterocycles. The van der Waals surface area contributed by atoms with Crippen LogP contribution in [-0.4, -0.2) is 34.0 Å². The van der Waals surface area contributed by atoms with Crippen LogP contribution in [0.2, 0.25) is 0 Å². The standard InChI is InChI=1S/C15H26N6O/c1-3-4-9(2)22-15(18)21-13(17)14-19-8-12(20-14)7-10-5-11(16)6-10/h8-11H,3-7,16H2,1-2H3,(H,19,20)(H3,17,18,21)/t9-,10-,11+/m0/s1. The minimum absolute atomic E-state index is 0.0379. The highest BCUT2D eigenvalue weighted by Gasteiger charge is 2.26. The molecular weight excluding hydrogens is 280 g/mol. The largest absolute Gasteiger partial charge is 0.461 e. The van der Waals surface area contributed by atoms with Gasteiger partial charge in [0.2, 0.25) is 0 Å². The summed E-state index contributed by atoms with van der Waals surface area (Å²) in [5.74, 6) is 1.28. The Kier molecular flexibility index (Phi) is 5.54. The molecule has 0 spiro atoms. The molecule has 1 fully saturated rings. The minimum Gasteiger partial charge on any atom is -0.461 e. The van der Waals surface area contributed by atoms with Crippen molar-refractivity contribution < 1.29 is 4.74 Å². The van der Waals surface area contributed by atoms with Crippen molar-refractivity contribution in [2.45, 2.75) is 58.1 Å². The zero-order chi connectivity index (χ0) is 16.1. The van der Waals surface area contributed by atoms with Crippen molar-refractivity contribution in [1.29, 1.82) is 5.41 Å². The molecule has 0 aromatic carbocycles. The zero-order valence-electron chi connectivity index (χ0n) is 13.3. The second kappa shape index (κ2) is 7.40. The molecule has 1 aromatic rings. The van der Waals surface area contributed by atoms with Crippen LogP contribution in [0.25, 0.3) is 0 Å². The molecule has 1 heterocycles. The Hall–Kier alpha value is -1.89. The molecule has 1 atom stereocenters. The van der Waals surface area contributed by atoms with E-state index in [4.69, 9.17) is 21.6 Å². The summed E-state index contributed by atoms with van der Waals surface area (Å²) in [5.41, 5.74) is 12.7. The highest BCUT2D eigenvalue weighted by atomic mass is 16.5. The van der Waals surface area contributed by atoms with Crippen LogP contribution < -0.4 is 11.5 Å². The minimum atomic E-state index is -0.179.